The monoisotopic (exact) mass is 799 g/mol. The molecule has 0 heterocycles. The molecule has 0 fully saturated rings. The molecule has 0 saturated carbocycles. The minimum Gasteiger partial charge on any atom is -0.393 e. The number of unbranched alkanes of at least 4 members (excludes halogenated alkanes) is 24. The van der Waals surface area contributed by atoms with Gasteiger partial charge in [0, 0.05) is 6.54 Å². The van der Waals surface area contributed by atoms with Gasteiger partial charge in [-0.15, -0.1) is 0 Å². The number of nitrogens with two attached hydrogens (primary N) is 1. The van der Waals surface area contributed by atoms with Gasteiger partial charge >= 0.3 is 7.82 Å². The average Bonchev–Trinajstić information content (AvgIpc) is 3.16. The van der Waals surface area contributed by atoms with Crippen LogP contribution in [0.25, 0.3) is 0 Å². The Morgan fingerprint density at radius 3 is 1.51 bits per heavy atom. The smallest absolute Gasteiger partial charge is 0.393 e. The van der Waals surface area contributed by atoms with Gasteiger partial charge in [0.15, 0.2) is 0 Å². The first-order valence-corrected chi connectivity index (χ1v) is 24.2. The topological polar surface area (TPSA) is 151 Å². The Balaban J connectivity index is 4.37. The summed E-state index contributed by atoms with van der Waals surface area (Å²) in [5.74, 6) is -0.459. The molecule has 4 unspecified atom stereocenters. The summed E-state index contributed by atoms with van der Waals surface area (Å²) < 4.78 is 22.1. The summed E-state index contributed by atoms with van der Waals surface area (Å²) in [4.78, 5) is 22.7. The summed E-state index contributed by atoms with van der Waals surface area (Å²) in [6.07, 6.45) is 45.2. The molecule has 0 aliphatic carbocycles. The molecule has 0 aliphatic rings. The van der Waals surface area contributed by atoms with Crippen LogP contribution in [0.3, 0.4) is 0 Å². The Hall–Kier alpha value is -1.32. The van der Waals surface area contributed by atoms with E-state index in [9.17, 15) is 24.5 Å². The fourth-order valence-electron chi connectivity index (χ4n) is 6.56. The van der Waals surface area contributed by atoms with E-state index in [1.807, 2.05) is 6.08 Å². The van der Waals surface area contributed by atoms with Crippen molar-refractivity contribution in [2.24, 2.45) is 5.73 Å². The van der Waals surface area contributed by atoms with E-state index in [0.717, 1.165) is 44.9 Å². The van der Waals surface area contributed by atoms with E-state index in [-0.39, 0.29) is 19.6 Å². The van der Waals surface area contributed by atoms with Crippen LogP contribution in [0, 0.1) is 0 Å². The third-order valence-electron chi connectivity index (χ3n) is 10.0. The van der Waals surface area contributed by atoms with E-state index in [4.69, 9.17) is 14.8 Å². The van der Waals surface area contributed by atoms with E-state index in [1.54, 1.807) is 6.08 Å². The molecule has 1 amide bonds. The van der Waals surface area contributed by atoms with Gasteiger partial charge in [-0.2, -0.15) is 0 Å². The van der Waals surface area contributed by atoms with Crippen molar-refractivity contribution in [3.63, 3.8) is 0 Å². The number of aliphatic hydroxyl groups is 2. The first-order valence-electron chi connectivity index (χ1n) is 22.7. The molecule has 0 aromatic heterocycles. The van der Waals surface area contributed by atoms with Crippen LogP contribution in [0.5, 0.6) is 0 Å². The minimum absolute atomic E-state index is 0.0428. The molecule has 0 rings (SSSR count). The van der Waals surface area contributed by atoms with Crippen molar-refractivity contribution in [1.82, 2.24) is 5.32 Å². The van der Waals surface area contributed by atoms with Crippen molar-refractivity contribution in [2.45, 2.75) is 225 Å². The van der Waals surface area contributed by atoms with Crippen LogP contribution in [0.1, 0.15) is 206 Å². The molecule has 0 bridgehead atoms. The molecule has 0 aromatic carbocycles. The van der Waals surface area contributed by atoms with Crippen molar-refractivity contribution in [1.29, 1.82) is 0 Å². The summed E-state index contributed by atoms with van der Waals surface area (Å²) in [7, 11) is -4.41. The number of hydrogen-bond donors (Lipinski definition) is 5. The van der Waals surface area contributed by atoms with Crippen molar-refractivity contribution in [3.8, 4) is 0 Å². The van der Waals surface area contributed by atoms with Crippen LogP contribution in [-0.2, 0) is 18.4 Å². The standard InChI is InChI=1S/C45H87N2O7P/c1-3-5-7-9-11-13-15-17-18-19-20-21-22-23-25-27-29-31-33-35-37-44(49)43(41-54-55(51,52)53-39-38-46)47-45(50)40-42(48)36-34-32-30-28-26-24-16-14-12-10-8-6-4-2/h21-22,27,29,35,37,42-44,48-49H,3-20,23-26,28,30-34,36,38-41,46H2,1-2H3,(H,47,50)(H,51,52)/b22-21+,29-27+,37-35+. The molecule has 55 heavy (non-hydrogen) atoms. The fourth-order valence-corrected chi connectivity index (χ4v) is 7.32. The first-order chi connectivity index (χ1) is 26.8. The highest BCUT2D eigenvalue weighted by Crippen LogP contribution is 2.43. The second kappa shape index (κ2) is 40.9. The summed E-state index contributed by atoms with van der Waals surface area (Å²) >= 11 is 0. The number of carbonyl (C=O) groups is 1. The van der Waals surface area contributed by atoms with Crippen LogP contribution in [-0.4, -0.2) is 59.0 Å². The van der Waals surface area contributed by atoms with Crippen molar-refractivity contribution >= 4 is 13.7 Å². The molecule has 0 saturated heterocycles. The highest BCUT2D eigenvalue weighted by Gasteiger charge is 2.27. The van der Waals surface area contributed by atoms with Crippen LogP contribution >= 0.6 is 7.82 Å². The number of carbonyl (C=O) groups excluding carboxylic acids is 1. The van der Waals surface area contributed by atoms with Crippen LogP contribution in [0.4, 0.5) is 0 Å². The molecular formula is C45H87N2O7P. The highest BCUT2D eigenvalue weighted by molar-refractivity contribution is 7.47. The molecule has 4 atom stereocenters. The Labute approximate surface area is 338 Å². The summed E-state index contributed by atoms with van der Waals surface area (Å²) in [5.41, 5.74) is 5.36. The maximum atomic E-state index is 12.8. The van der Waals surface area contributed by atoms with Crippen LogP contribution < -0.4 is 11.1 Å². The third kappa shape index (κ3) is 39.3. The lowest BCUT2D eigenvalue weighted by atomic mass is 10.0. The average molecular weight is 799 g/mol. The maximum Gasteiger partial charge on any atom is 0.472 e. The second-order valence-electron chi connectivity index (χ2n) is 15.4. The predicted molar refractivity (Wildman–Crippen MR) is 232 cm³/mol. The lowest BCUT2D eigenvalue weighted by Crippen LogP contribution is -2.46. The number of allylic oxidation sites excluding steroid dienone is 5. The molecule has 0 aromatic rings. The number of phosphoric acid groups is 1. The van der Waals surface area contributed by atoms with Gasteiger partial charge in [-0.05, 0) is 44.9 Å². The molecule has 10 heteroatoms. The zero-order valence-electron chi connectivity index (χ0n) is 35.5. The number of hydrogen-bond acceptors (Lipinski definition) is 7. The van der Waals surface area contributed by atoms with Crippen LogP contribution in [0.2, 0.25) is 0 Å². The Morgan fingerprint density at radius 1 is 0.618 bits per heavy atom. The molecule has 0 radical (unpaired) electrons. The zero-order valence-corrected chi connectivity index (χ0v) is 36.4. The van der Waals surface area contributed by atoms with Gasteiger partial charge < -0.3 is 26.2 Å². The molecule has 9 nitrogen and oxygen atoms in total. The van der Waals surface area contributed by atoms with Crippen molar-refractivity contribution in [2.75, 3.05) is 19.8 Å². The summed E-state index contributed by atoms with van der Waals surface area (Å²) in [6.45, 7) is 3.95. The lowest BCUT2D eigenvalue weighted by molar-refractivity contribution is -0.124. The number of amides is 1. The van der Waals surface area contributed by atoms with Gasteiger partial charge in [0.25, 0.3) is 0 Å². The van der Waals surface area contributed by atoms with E-state index in [1.165, 1.54) is 128 Å². The molecule has 0 spiro atoms. The van der Waals surface area contributed by atoms with Crippen molar-refractivity contribution < 1.29 is 33.5 Å². The lowest BCUT2D eigenvalue weighted by Gasteiger charge is -2.24. The Bertz CT molecular complexity index is 977. The van der Waals surface area contributed by atoms with E-state index < -0.39 is 38.6 Å². The maximum absolute atomic E-state index is 12.8. The van der Waals surface area contributed by atoms with E-state index in [2.05, 4.69) is 43.5 Å². The number of rotatable bonds is 42. The largest absolute Gasteiger partial charge is 0.472 e. The van der Waals surface area contributed by atoms with E-state index >= 15 is 0 Å². The van der Waals surface area contributed by atoms with Gasteiger partial charge in [-0.3, -0.25) is 13.8 Å². The first kappa shape index (κ1) is 53.7. The fraction of sp³-hybridized carbons (Fsp3) is 0.844. The predicted octanol–water partition coefficient (Wildman–Crippen LogP) is 11.7. The quantitative estimate of drug-likeness (QED) is 0.0233. The summed E-state index contributed by atoms with van der Waals surface area (Å²) in [6, 6.07) is -1.00. The van der Waals surface area contributed by atoms with Gasteiger partial charge in [-0.25, -0.2) is 4.57 Å². The number of aliphatic hydroxyl groups excluding tert-OH is 2. The molecule has 0 aliphatic heterocycles. The SMILES string of the molecule is CCCCCCCCCCCC/C=C/CC/C=C/CC/C=C/C(O)C(COP(=O)(O)OCCN)NC(=O)CC(O)CCCCCCCCCCCCCCC. The zero-order chi connectivity index (χ0) is 40.5. The Kier molecular flexibility index (Phi) is 39.9. The van der Waals surface area contributed by atoms with Crippen LogP contribution in [0.15, 0.2) is 36.5 Å². The molecular weight excluding hydrogens is 711 g/mol. The normalized spacial score (nSPS) is 14.9. The van der Waals surface area contributed by atoms with Gasteiger partial charge in [0.1, 0.15) is 0 Å². The van der Waals surface area contributed by atoms with Gasteiger partial charge in [-0.1, -0.05) is 192 Å². The summed E-state index contributed by atoms with van der Waals surface area (Å²) in [5, 5.41) is 24.0. The Morgan fingerprint density at radius 2 is 1.04 bits per heavy atom. The van der Waals surface area contributed by atoms with Gasteiger partial charge in [0.2, 0.25) is 5.91 Å². The van der Waals surface area contributed by atoms with Gasteiger partial charge in [0.05, 0.1) is 37.9 Å². The molecule has 324 valence electrons. The molecule has 6 N–H and O–H groups in total. The van der Waals surface area contributed by atoms with Crippen molar-refractivity contribution in [3.05, 3.63) is 36.5 Å². The third-order valence-corrected chi connectivity index (χ3v) is 11.0. The number of phosphoric ester groups is 1. The van der Waals surface area contributed by atoms with E-state index in [0.29, 0.717) is 12.8 Å². The minimum atomic E-state index is -4.41. The second-order valence-corrected chi connectivity index (χ2v) is 16.9. The number of nitrogens with one attached hydrogen (secondary N) is 1. The highest BCUT2D eigenvalue weighted by atomic mass is 31.2.